The number of nitrogens with zero attached hydrogens (tertiary/aromatic N) is 3. The number of anilines is 1. The van der Waals surface area contributed by atoms with Crippen LogP contribution in [-0.2, 0) is 11.3 Å². The van der Waals surface area contributed by atoms with Gasteiger partial charge in [-0.1, -0.05) is 50.7 Å². The normalized spacial score (nSPS) is 12.3. The van der Waals surface area contributed by atoms with Crippen LogP contribution in [0.4, 0.5) is 10.1 Å². The molecule has 3 rings (SSSR count). The summed E-state index contributed by atoms with van der Waals surface area (Å²) in [6.07, 6.45) is 1.68. The lowest BCUT2D eigenvalue weighted by Gasteiger charge is -2.18. The average molecular weight is 467 g/mol. The summed E-state index contributed by atoms with van der Waals surface area (Å²) < 4.78 is 16.0. The Balaban J connectivity index is 1.77. The van der Waals surface area contributed by atoms with Crippen LogP contribution in [0.1, 0.15) is 38.1 Å². The van der Waals surface area contributed by atoms with Crippen molar-refractivity contribution in [1.29, 1.82) is 0 Å². The first-order valence-corrected chi connectivity index (χ1v) is 11.4. The van der Waals surface area contributed by atoms with Gasteiger partial charge in [0.15, 0.2) is 16.8 Å². The molecule has 0 spiro atoms. The maximum atomic E-state index is 14.3. The fraction of sp³-hybridized carbons (Fsp3) is 0.280. The second-order valence-corrected chi connectivity index (χ2v) is 9.90. The lowest BCUT2D eigenvalue weighted by Crippen LogP contribution is -2.27. The highest BCUT2D eigenvalue weighted by atomic mass is 32.2. The number of ketones is 1. The lowest BCUT2D eigenvalue weighted by atomic mass is 9.95. The van der Waals surface area contributed by atoms with Crippen molar-refractivity contribution in [2.45, 2.75) is 44.6 Å². The number of rotatable bonds is 8. The number of benzene rings is 2. The van der Waals surface area contributed by atoms with Crippen molar-refractivity contribution in [2.75, 3.05) is 5.32 Å². The Morgan fingerprint density at radius 3 is 2.42 bits per heavy atom. The molecule has 1 amide bonds. The quantitative estimate of drug-likeness (QED) is 0.265. The van der Waals surface area contributed by atoms with E-state index in [1.54, 1.807) is 60.0 Å². The summed E-state index contributed by atoms with van der Waals surface area (Å²) >= 11 is 1.25. The molecule has 0 saturated heterocycles. The predicted molar refractivity (Wildman–Crippen MR) is 130 cm³/mol. The number of carbonyl (C=O) groups excluding carboxylic acids is 2. The van der Waals surface area contributed by atoms with Gasteiger partial charge >= 0.3 is 0 Å². The Hall–Kier alpha value is -3.26. The second-order valence-electron chi connectivity index (χ2n) is 8.59. The van der Waals surface area contributed by atoms with Crippen LogP contribution in [0.5, 0.6) is 0 Å². The molecular weight excluding hydrogens is 439 g/mol. The maximum absolute atomic E-state index is 14.3. The molecule has 0 radical (unpaired) electrons. The molecule has 1 N–H and O–H groups in total. The first kappa shape index (κ1) is 24.4. The summed E-state index contributed by atoms with van der Waals surface area (Å²) in [7, 11) is 0. The SMILES string of the molecule is C=CCn1c(SC(C)C(=O)c2ccc(NC(=O)C(C)(C)C)cc2)nnc1-c1ccccc1F. The first-order valence-electron chi connectivity index (χ1n) is 10.5. The average Bonchev–Trinajstić information content (AvgIpc) is 3.15. The van der Waals surface area contributed by atoms with Crippen LogP contribution in [0.25, 0.3) is 11.4 Å². The van der Waals surface area contributed by atoms with Crippen LogP contribution >= 0.6 is 11.8 Å². The highest BCUT2D eigenvalue weighted by Gasteiger charge is 2.23. The summed E-state index contributed by atoms with van der Waals surface area (Å²) in [4.78, 5) is 25.1. The summed E-state index contributed by atoms with van der Waals surface area (Å²) in [5.74, 6) is -0.198. The van der Waals surface area contributed by atoms with Gasteiger partial charge in [0.05, 0.1) is 10.8 Å². The summed E-state index contributed by atoms with van der Waals surface area (Å²) in [6, 6.07) is 13.2. The topological polar surface area (TPSA) is 76.9 Å². The van der Waals surface area contributed by atoms with E-state index in [0.717, 1.165) is 0 Å². The fourth-order valence-corrected chi connectivity index (χ4v) is 3.93. The van der Waals surface area contributed by atoms with Gasteiger partial charge in [0.25, 0.3) is 0 Å². The number of halogens is 1. The monoisotopic (exact) mass is 466 g/mol. The van der Waals surface area contributed by atoms with Crippen LogP contribution < -0.4 is 5.32 Å². The molecule has 1 aromatic heterocycles. The van der Waals surface area contributed by atoms with E-state index in [4.69, 9.17) is 0 Å². The zero-order chi connectivity index (χ0) is 24.2. The zero-order valence-corrected chi connectivity index (χ0v) is 19.9. The van der Waals surface area contributed by atoms with Crippen LogP contribution in [0.3, 0.4) is 0 Å². The Morgan fingerprint density at radius 2 is 1.82 bits per heavy atom. The lowest BCUT2D eigenvalue weighted by molar-refractivity contribution is -0.123. The summed E-state index contributed by atoms with van der Waals surface area (Å²) in [5, 5.41) is 11.3. The third-order valence-electron chi connectivity index (χ3n) is 4.90. The van der Waals surface area contributed by atoms with E-state index in [-0.39, 0.29) is 11.7 Å². The minimum atomic E-state index is -0.511. The van der Waals surface area contributed by atoms with Gasteiger partial charge in [-0.15, -0.1) is 16.8 Å². The van der Waals surface area contributed by atoms with Crippen molar-refractivity contribution in [3.05, 3.63) is 72.6 Å². The molecule has 172 valence electrons. The first-order chi connectivity index (χ1) is 15.6. The van der Waals surface area contributed by atoms with E-state index in [2.05, 4.69) is 22.1 Å². The number of aromatic nitrogens is 3. The molecular formula is C25H27FN4O2S. The number of allylic oxidation sites excluding steroid dienone is 1. The third kappa shape index (κ3) is 5.76. The molecule has 1 atom stereocenters. The van der Waals surface area contributed by atoms with Crippen molar-refractivity contribution in [1.82, 2.24) is 14.8 Å². The van der Waals surface area contributed by atoms with Gasteiger partial charge in [0.2, 0.25) is 5.91 Å². The molecule has 0 bridgehead atoms. The molecule has 0 aliphatic carbocycles. The highest BCUT2D eigenvalue weighted by Crippen LogP contribution is 2.29. The minimum Gasteiger partial charge on any atom is -0.326 e. The van der Waals surface area contributed by atoms with Gasteiger partial charge in [0, 0.05) is 23.2 Å². The molecule has 6 nitrogen and oxygen atoms in total. The molecule has 0 saturated carbocycles. The Morgan fingerprint density at radius 1 is 1.15 bits per heavy atom. The van der Waals surface area contributed by atoms with Crippen molar-refractivity contribution < 1.29 is 14.0 Å². The van der Waals surface area contributed by atoms with Crippen molar-refractivity contribution in [3.63, 3.8) is 0 Å². The van der Waals surface area contributed by atoms with Gasteiger partial charge in [0.1, 0.15) is 5.82 Å². The van der Waals surface area contributed by atoms with Crippen LogP contribution in [0.15, 0.2) is 66.3 Å². The molecule has 1 heterocycles. The largest absolute Gasteiger partial charge is 0.326 e. The fourth-order valence-electron chi connectivity index (χ4n) is 2.99. The van der Waals surface area contributed by atoms with E-state index >= 15 is 0 Å². The summed E-state index contributed by atoms with van der Waals surface area (Å²) in [6.45, 7) is 11.4. The van der Waals surface area contributed by atoms with Crippen LogP contribution in [0.2, 0.25) is 0 Å². The van der Waals surface area contributed by atoms with Gasteiger partial charge < -0.3 is 5.32 Å². The summed E-state index contributed by atoms with van der Waals surface area (Å²) in [5.41, 5.74) is 0.980. The van der Waals surface area contributed by atoms with Gasteiger partial charge in [-0.25, -0.2) is 4.39 Å². The van der Waals surface area contributed by atoms with E-state index in [0.29, 0.717) is 34.3 Å². The minimum absolute atomic E-state index is 0.0886. The Kier molecular flexibility index (Phi) is 7.48. The van der Waals surface area contributed by atoms with Gasteiger partial charge in [-0.3, -0.25) is 14.2 Å². The van der Waals surface area contributed by atoms with Gasteiger partial charge in [-0.2, -0.15) is 0 Å². The van der Waals surface area contributed by atoms with E-state index in [9.17, 15) is 14.0 Å². The van der Waals surface area contributed by atoms with E-state index in [1.807, 2.05) is 20.8 Å². The molecule has 33 heavy (non-hydrogen) atoms. The number of amides is 1. The smallest absolute Gasteiger partial charge is 0.229 e. The van der Waals surface area contributed by atoms with Crippen molar-refractivity contribution in [2.24, 2.45) is 5.41 Å². The van der Waals surface area contributed by atoms with Crippen molar-refractivity contribution in [3.8, 4) is 11.4 Å². The molecule has 0 fully saturated rings. The maximum Gasteiger partial charge on any atom is 0.229 e. The predicted octanol–water partition coefficient (Wildman–Crippen LogP) is 5.62. The highest BCUT2D eigenvalue weighted by molar-refractivity contribution is 8.00. The second kappa shape index (κ2) is 10.1. The van der Waals surface area contributed by atoms with Crippen LogP contribution in [0, 0.1) is 11.2 Å². The number of Topliss-reactive ketones (excluding diaryl/α,β-unsaturated/α-hetero) is 1. The van der Waals surface area contributed by atoms with Crippen molar-refractivity contribution >= 4 is 29.1 Å². The third-order valence-corrected chi connectivity index (χ3v) is 5.98. The van der Waals surface area contributed by atoms with Gasteiger partial charge in [-0.05, 0) is 43.3 Å². The van der Waals surface area contributed by atoms with E-state index in [1.165, 1.54) is 17.8 Å². The number of nitrogens with one attached hydrogen (secondary N) is 1. The molecule has 1 unspecified atom stereocenters. The number of thioether (sulfide) groups is 1. The number of carbonyl (C=O) groups is 2. The number of hydrogen-bond acceptors (Lipinski definition) is 5. The van der Waals surface area contributed by atoms with E-state index < -0.39 is 16.5 Å². The Bertz CT molecular complexity index is 1170. The zero-order valence-electron chi connectivity index (χ0n) is 19.1. The molecule has 3 aromatic rings. The number of hydrogen-bond donors (Lipinski definition) is 1. The molecule has 2 aromatic carbocycles. The molecule has 0 aliphatic heterocycles. The molecule has 0 aliphatic rings. The Labute approximate surface area is 197 Å². The van der Waals surface area contributed by atoms with Crippen LogP contribution in [-0.4, -0.2) is 31.7 Å². The standard InChI is InChI=1S/C25H27FN4O2S/c1-6-15-30-22(19-9-7-8-10-20(19)26)28-29-24(30)33-16(2)21(31)17-11-13-18(14-12-17)27-23(32)25(3,4)5/h6-14,16H,1,15H2,2-5H3,(H,27,32). The molecule has 8 heteroatoms.